The van der Waals surface area contributed by atoms with Gasteiger partial charge in [-0.3, -0.25) is 24.6 Å². The first-order chi connectivity index (χ1) is 33.1. The van der Waals surface area contributed by atoms with E-state index in [1.54, 1.807) is 42.3 Å². The van der Waals surface area contributed by atoms with Gasteiger partial charge in [-0.15, -0.1) is 0 Å². The number of aryl methyl sites for hydroxylation is 1. The molecule has 0 saturated carbocycles. The number of nitrogens with zero attached hydrogens (tertiary/aromatic N) is 5. The number of aromatic amines is 1. The van der Waals surface area contributed by atoms with E-state index in [-0.39, 0.29) is 40.8 Å². The number of piperazine rings is 1. The first kappa shape index (κ1) is 50.1. The summed E-state index contributed by atoms with van der Waals surface area (Å²) in [5.74, 6) is -1.60. The second-order valence-corrected chi connectivity index (χ2v) is 21.5. The molecule has 70 heavy (non-hydrogen) atoms. The summed E-state index contributed by atoms with van der Waals surface area (Å²) in [4.78, 5) is 51.5. The Morgan fingerprint density at radius 2 is 1.80 bits per heavy atom. The summed E-state index contributed by atoms with van der Waals surface area (Å²) in [5.41, 5.74) is 4.06. The van der Waals surface area contributed by atoms with Crippen LogP contribution in [0.5, 0.6) is 11.5 Å². The molecule has 5 aromatic rings. The Morgan fingerprint density at radius 3 is 2.51 bits per heavy atom. The zero-order valence-corrected chi connectivity index (χ0v) is 40.7. The molecule has 1 aliphatic carbocycles. The molecular weight excluding hydrogens is 928 g/mol. The molecule has 0 spiro atoms. The van der Waals surface area contributed by atoms with Crippen molar-refractivity contribution < 1.29 is 45.6 Å². The Balaban J connectivity index is 0.990. The Labute approximate surface area is 405 Å². The highest BCUT2D eigenvalue weighted by Crippen LogP contribution is 2.45. The molecular formula is C51H58F3N7O8S. The lowest BCUT2D eigenvalue weighted by atomic mass is 9.72. The fraction of sp³-hybridized carbons (Fsp3) is 0.431. The predicted molar refractivity (Wildman–Crippen MR) is 261 cm³/mol. The van der Waals surface area contributed by atoms with Crippen LogP contribution in [0.3, 0.4) is 0 Å². The molecule has 2 fully saturated rings. The molecule has 1 atom stereocenters. The van der Waals surface area contributed by atoms with Crippen molar-refractivity contribution in [3.63, 3.8) is 0 Å². The lowest BCUT2D eigenvalue weighted by Gasteiger charge is -2.39. The van der Waals surface area contributed by atoms with E-state index < -0.39 is 54.7 Å². The molecule has 2 aromatic heterocycles. The van der Waals surface area contributed by atoms with Crippen LogP contribution in [0.15, 0.2) is 89.6 Å². The van der Waals surface area contributed by atoms with Gasteiger partial charge in [0.05, 0.1) is 39.9 Å². The van der Waals surface area contributed by atoms with Crippen LogP contribution in [0.1, 0.15) is 74.0 Å². The largest absolute Gasteiger partial charge is 0.455 e. The van der Waals surface area contributed by atoms with E-state index in [0.29, 0.717) is 69.4 Å². The number of anilines is 2. The van der Waals surface area contributed by atoms with Gasteiger partial charge in [-0.05, 0) is 96.8 Å². The quantitative estimate of drug-likeness (QED) is 0.0578. The van der Waals surface area contributed by atoms with Crippen molar-refractivity contribution in [1.82, 2.24) is 19.8 Å². The van der Waals surface area contributed by atoms with Gasteiger partial charge < -0.3 is 29.6 Å². The molecule has 2 N–H and O–H groups in total. The summed E-state index contributed by atoms with van der Waals surface area (Å²) in [6.07, 6.45) is 0.927. The average molecular weight is 986 g/mol. The van der Waals surface area contributed by atoms with Gasteiger partial charge in [0.2, 0.25) is 5.91 Å². The number of halogens is 3. The number of nitro groups is 1. The number of pyridine rings is 1. The van der Waals surface area contributed by atoms with E-state index in [2.05, 4.69) is 38.9 Å². The number of allylic oxidation sites excluding steroid dienone is 1. The number of nitrogens with one attached hydrogen (secondary N) is 2. The number of alkyl halides is 3. The van der Waals surface area contributed by atoms with Crippen molar-refractivity contribution in [2.75, 3.05) is 74.9 Å². The monoisotopic (exact) mass is 985 g/mol. The van der Waals surface area contributed by atoms with Crippen LogP contribution in [0.2, 0.25) is 0 Å². The third-order valence-electron chi connectivity index (χ3n) is 13.4. The third kappa shape index (κ3) is 11.5. The zero-order valence-electron chi connectivity index (χ0n) is 39.9. The van der Waals surface area contributed by atoms with E-state index >= 15 is 0 Å². The van der Waals surface area contributed by atoms with Crippen molar-refractivity contribution in [1.29, 1.82) is 0 Å². The summed E-state index contributed by atoms with van der Waals surface area (Å²) in [6, 6.07) is 16.0. The Bertz CT molecular complexity index is 2950. The van der Waals surface area contributed by atoms with Gasteiger partial charge in [0.15, 0.2) is 15.6 Å². The third-order valence-corrected chi connectivity index (χ3v) is 15.0. The minimum absolute atomic E-state index is 0.00422. The number of ketones is 1. The van der Waals surface area contributed by atoms with E-state index in [1.165, 1.54) is 42.1 Å². The number of amides is 1. The number of carbonyl (C=O) groups is 2. The van der Waals surface area contributed by atoms with Crippen LogP contribution in [0.25, 0.3) is 16.6 Å². The summed E-state index contributed by atoms with van der Waals surface area (Å²) < 4.78 is 80.6. The molecule has 15 nitrogen and oxygen atoms in total. The summed E-state index contributed by atoms with van der Waals surface area (Å²) in [5, 5.41) is 16.0. The fourth-order valence-corrected chi connectivity index (χ4v) is 10.7. The Morgan fingerprint density at radius 1 is 1.03 bits per heavy atom. The molecule has 0 radical (unpaired) electrons. The first-order valence-electron chi connectivity index (χ1n) is 23.4. The van der Waals surface area contributed by atoms with Crippen molar-refractivity contribution in [3.05, 3.63) is 117 Å². The number of morpholine rings is 1. The number of H-pyrrole nitrogens is 1. The van der Waals surface area contributed by atoms with Gasteiger partial charge in [-0.1, -0.05) is 39.3 Å². The molecule has 3 aliphatic rings. The first-order valence-corrected chi connectivity index (χ1v) is 25.1. The van der Waals surface area contributed by atoms with Gasteiger partial charge in [-0.2, -0.15) is 13.2 Å². The Hall–Kier alpha value is -6.31. The highest BCUT2D eigenvalue weighted by molar-refractivity contribution is 7.92. The number of hydrogen-bond donors (Lipinski definition) is 2. The van der Waals surface area contributed by atoms with Gasteiger partial charge in [0.25, 0.3) is 5.69 Å². The van der Waals surface area contributed by atoms with Crippen LogP contribution in [0.4, 0.5) is 30.2 Å². The molecule has 3 aromatic carbocycles. The number of hydrogen-bond acceptors (Lipinski definition) is 12. The summed E-state index contributed by atoms with van der Waals surface area (Å²) in [6.45, 7) is 14.2. The molecule has 1 unspecified atom stereocenters. The number of benzene rings is 3. The highest BCUT2D eigenvalue weighted by Gasteiger charge is 2.34. The number of nitro benzene ring substituents is 1. The normalized spacial score (nSPS) is 18.1. The van der Waals surface area contributed by atoms with Crippen molar-refractivity contribution in [3.8, 4) is 11.5 Å². The molecule has 2 aliphatic heterocycles. The van der Waals surface area contributed by atoms with Gasteiger partial charge in [0, 0.05) is 87.7 Å². The lowest BCUT2D eigenvalue weighted by molar-refractivity contribution is -0.384. The molecule has 372 valence electrons. The molecule has 19 heteroatoms. The summed E-state index contributed by atoms with van der Waals surface area (Å²) >= 11 is 0. The smallest absolute Gasteiger partial charge is 0.416 e. The van der Waals surface area contributed by atoms with Crippen LogP contribution in [-0.4, -0.2) is 116 Å². The Kier molecular flexibility index (Phi) is 14.5. The van der Waals surface area contributed by atoms with E-state index in [0.717, 1.165) is 47.5 Å². The number of aromatic nitrogens is 2. The molecule has 0 bridgehead atoms. The van der Waals surface area contributed by atoms with Crippen molar-refractivity contribution in [2.45, 2.75) is 71.1 Å². The van der Waals surface area contributed by atoms with Crippen molar-refractivity contribution in [2.24, 2.45) is 11.3 Å². The summed E-state index contributed by atoms with van der Waals surface area (Å²) in [7, 11) is -4.43. The van der Waals surface area contributed by atoms with Crippen LogP contribution in [0, 0.1) is 28.4 Å². The van der Waals surface area contributed by atoms with E-state index in [9.17, 15) is 41.3 Å². The molecule has 8 rings (SSSR count). The zero-order chi connectivity index (χ0) is 50.1. The highest BCUT2D eigenvalue weighted by atomic mass is 32.2. The fourth-order valence-electron chi connectivity index (χ4n) is 9.50. The van der Waals surface area contributed by atoms with Crippen molar-refractivity contribution >= 4 is 55.2 Å². The molecule has 2 saturated heterocycles. The maximum Gasteiger partial charge on any atom is 0.416 e. The van der Waals surface area contributed by atoms with Gasteiger partial charge in [0.1, 0.15) is 28.6 Å². The maximum absolute atomic E-state index is 14.1. The average Bonchev–Trinajstić information content (AvgIpc) is 3.79. The van der Waals surface area contributed by atoms with Crippen LogP contribution in [-0.2, 0) is 25.5 Å². The SMILES string of the molecule is Cc1cc(C(F)(F)F)ccc1C1=C(CN2CCN(c3ccc(C(=O)CS(=O)(=O)c4ccc(NCC5CN(C(=O)C(C)C)CCO5)c([N+](=O)[O-])c4)c(Oc4cnc5[nH]ccc5c4)c3)CC2)CCC(C)(C)C1. The second-order valence-electron chi connectivity index (χ2n) is 19.5. The topological polar surface area (TPSA) is 180 Å². The van der Waals surface area contributed by atoms with Crippen LogP contribution >= 0.6 is 0 Å². The molecule has 1 amide bonds. The van der Waals surface area contributed by atoms with Crippen LogP contribution < -0.4 is 15.0 Å². The number of Topliss-reactive ketones (excluding diaryl/α,β-unsaturated/α-hetero) is 1. The molecule has 4 heterocycles. The second kappa shape index (κ2) is 20.2. The number of ether oxygens (including phenoxy) is 2. The minimum Gasteiger partial charge on any atom is -0.455 e. The number of carbonyl (C=O) groups excluding carboxylic acids is 2. The van der Waals surface area contributed by atoms with Gasteiger partial charge >= 0.3 is 6.18 Å². The lowest BCUT2D eigenvalue weighted by Crippen LogP contribution is -2.49. The maximum atomic E-state index is 14.1. The van der Waals surface area contributed by atoms with Gasteiger partial charge in [-0.25, -0.2) is 13.4 Å². The number of rotatable bonds is 15. The number of sulfone groups is 1. The predicted octanol–water partition coefficient (Wildman–Crippen LogP) is 9.33. The van der Waals surface area contributed by atoms with E-state index in [1.807, 2.05) is 19.9 Å². The number of fused-ring (bicyclic) bond motifs is 1. The van der Waals surface area contributed by atoms with E-state index in [4.69, 9.17) is 9.47 Å². The minimum atomic E-state index is -4.43. The standard InChI is InChI=1S/C51H58F3N7O8S/c1-32(2)49(63)60-20-21-68-39(30-60)28-56-44-11-8-40(25-45(44)61(64)65)70(66,67)31-46(62)42-10-7-37(24-47(42)69-38-23-34-13-15-55-48(34)57-27-38)59-18-16-58(17-19-59)29-35-12-14-50(4,5)26-43(35)41-9-6-36(22-33(41)3)51(52,53)54/h6-11,13,15,22-25,27,32,39,56H,12,14,16-21,26,28-31H2,1-5H3,(H,55,57).